The number of halogens is 1. The zero-order valence-corrected chi connectivity index (χ0v) is 14.3. The van der Waals surface area contributed by atoms with Gasteiger partial charge < -0.3 is 5.32 Å². The van der Waals surface area contributed by atoms with E-state index in [-0.39, 0.29) is 0 Å². The first kappa shape index (κ1) is 14.3. The van der Waals surface area contributed by atoms with Gasteiger partial charge in [-0.05, 0) is 47.5 Å². The third-order valence-electron chi connectivity index (χ3n) is 3.21. The van der Waals surface area contributed by atoms with Crippen molar-refractivity contribution in [2.45, 2.75) is 13.8 Å². The molecule has 4 heteroatoms. The Bertz CT molecular complexity index is 766. The Balaban J connectivity index is 1.91. The van der Waals surface area contributed by atoms with Crippen molar-refractivity contribution in [1.82, 2.24) is 4.98 Å². The fourth-order valence-electron chi connectivity index (χ4n) is 2.15. The average molecular weight is 359 g/mol. The van der Waals surface area contributed by atoms with E-state index >= 15 is 0 Å². The average Bonchev–Trinajstić information content (AvgIpc) is 2.84. The summed E-state index contributed by atoms with van der Waals surface area (Å²) < 4.78 is 1.05. The lowest BCUT2D eigenvalue weighted by Gasteiger charge is -2.06. The summed E-state index contributed by atoms with van der Waals surface area (Å²) in [5, 5.41) is 4.30. The molecule has 0 atom stereocenters. The smallest absolute Gasteiger partial charge is 0.188 e. The van der Waals surface area contributed by atoms with Gasteiger partial charge in [0.05, 0.1) is 11.4 Å². The van der Waals surface area contributed by atoms with Gasteiger partial charge in [-0.1, -0.05) is 36.4 Å². The van der Waals surface area contributed by atoms with Crippen molar-refractivity contribution in [3.05, 3.63) is 63.4 Å². The Morgan fingerprint density at radius 2 is 1.81 bits per heavy atom. The molecule has 3 aromatic rings. The number of anilines is 2. The van der Waals surface area contributed by atoms with Crippen molar-refractivity contribution in [1.29, 1.82) is 0 Å². The normalized spacial score (nSPS) is 10.6. The number of nitrogens with one attached hydrogen (secondary N) is 1. The van der Waals surface area contributed by atoms with Crippen LogP contribution in [0, 0.1) is 13.8 Å². The maximum absolute atomic E-state index is 4.73. The fraction of sp³-hybridized carbons (Fsp3) is 0.118. The Morgan fingerprint density at radius 3 is 2.52 bits per heavy atom. The van der Waals surface area contributed by atoms with Crippen molar-refractivity contribution in [2.75, 3.05) is 5.32 Å². The minimum atomic E-state index is 0.913. The predicted octanol–water partition coefficient (Wildman–Crippen LogP) is 5.93. The molecule has 0 aliphatic heterocycles. The highest BCUT2D eigenvalue weighted by Crippen LogP contribution is 2.33. The van der Waals surface area contributed by atoms with E-state index in [0.717, 1.165) is 26.5 Å². The highest BCUT2D eigenvalue weighted by Gasteiger charge is 2.10. The molecule has 21 heavy (non-hydrogen) atoms. The van der Waals surface area contributed by atoms with Gasteiger partial charge in [0.2, 0.25) is 0 Å². The lowest BCUT2D eigenvalue weighted by atomic mass is 10.1. The van der Waals surface area contributed by atoms with E-state index in [4.69, 9.17) is 4.98 Å². The summed E-state index contributed by atoms with van der Waals surface area (Å²) in [5.74, 6) is 0. The maximum Gasteiger partial charge on any atom is 0.188 e. The molecule has 1 aromatic heterocycles. The third-order valence-corrected chi connectivity index (χ3v) is 4.75. The van der Waals surface area contributed by atoms with E-state index in [1.165, 1.54) is 10.4 Å². The van der Waals surface area contributed by atoms with Crippen LogP contribution in [0.3, 0.4) is 0 Å². The first-order chi connectivity index (χ1) is 10.1. The second-order valence-corrected chi connectivity index (χ2v) is 6.96. The number of hydrogen-bond acceptors (Lipinski definition) is 3. The minimum absolute atomic E-state index is 0.913. The molecule has 1 N–H and O–H groups in total. The molecule has 106 valence electrons. The van der Waals surface area contributed by atoms with Crippen LogP contribution in [-0.4, -0.2) is 4.98 Å². The minimum Gasteiger partial charge on any atom is -0.331 e. The van der Waals surface area contributed by atoms with Crippen molar-refractivity contribution in [3.8, 4) is 11.3 Å². The van der Waals surface area contributed by atoms with E-state index in [9.17, 15) is 0 Å². The molecule has 0 saturated carbocycles. The molecule has 0 radical (unpaired) electrons. The van der Waals surface area contributed by atoms with Gasteiger partial charge in [-0.15, -0.1) is 11.3 Å². The van der Waals surface area contributed by atoms with Crippen LogP contribution >= 0.6 is 27.3 Å². The second kappa shape index (κ2) is 6.00. The molecule has 0 fully saturated rings. The highest BCUT2D eigenvalue weighted by molar-refractivity contribution is 9.10. The monoisotopic (exact) mass is 358 g/mol. The molecule has 2 nitrogen and oxygen atoms in total. The number of rotatable bonds is 3. The summed E-state index contributed by atoms with van der Waals surface area (Å²) in [6, 6.07) is 16.5. The van der Waals surface area contributed by atoms with E-state index < -0.39 is 0 Å². The third kappa shape index (κ3) is 3.17. The molecule has 1 heterocycles. The fourth-order valence-corrected chi connectivity index (χ4v) is 3.59. The molecule has 2 aromatic carbocycles. The van der Waals surface area contributed by atoms with Crippen molar-refractivity contribution in [2.24, 2.45) is 0 Å². The van der Waals surface area contributed by atoms with Crippen molar-refractivity contribution >= 4 is 38.1 Å². The predicted molar refractivity (Wildman–Crippen MR) is 94.4 cm³/mol. The Morgan fingerprint density at radius 1 is 1.05 bits per heavy atom. The van der Waals surface area contributed by atoms with Crippen LogP contribution in [0.2, 0.25) is 0 Å². The summed E-state index contributed by atoms with van der Waals surface area (Å²) in [5.41, 5.74) is 4.47. The molecule has 0 bridgehead atoms. The highest BCUT2D eigenvalue weighted by atomic mass is 79.9. The standard InChI is InChI=1S/C17H15BrN2S/c1-11-8-9-15(14(18)10-11)19-17-20-16(12(2)21-17)13-6-4-3-5-7-13/h3-10H,1-2H3,(H,19,20). The number of benzene rings is 2. The van der Waals surface area contributed by atoms with Gasteiger partial charge in [-0.3, -0.25) is 0 Å². The number of hydrogen-bond donors (Lipinski definition) is 1. The first-order valence-corrected chi connectivity index (χ1v) is 8.30. The largest absolute Gasteiger partial charge is 0.331 e. The molecular weight excluding hydrogens is 344 g/mol. The van der Waals surface area contributed by atoms with Gasteiger partial charge in [0.25, 0.3) is 0 Å². The van der Waals surface area contributed by atoms with Crippen LogP contribution in [0.25, 0.3) is 11.3 Å². The quantitative estimate of drug-likeness (QED) is 0.627. The first-order valence-electron chi connectivity index (χ1n) is 6.69. The second-order valence-electron chi connectivity index (χ2n) is 4.90. The van der Waals surface area contributed by atoms with Crippen LogP contribution in [0.5, 0.6) is 0 Å². The van der Waals surface area contributed by atoms with E-state index in [2.05, 4.69) is 65.4 Å². The number of aryl methyl sites for hydroxylation is 2. The molecular formula is C17H15BrN2S. The van der Waals surface area contributed by atoms with Gasteiger partial charge >= 0.3 is 0 Å². The lowest BCUT2D eigenvalue weighted by Crippen LogP contribution is -1.91. The molecule has 0 amide bonds. The Kier molecular flexibility index (Phi) is 4.08. The SMILES string of the molecule is Cc1ccc(Nc2nc(-c3ccccc3)c(C)s2)c(Br)c1. The molecule has 0 aliphatic carbocycles. The topological polar surface area (TPSA) is 24.9 Å². The number of nitrogens with zero attached hydrogens (tertiary/aromatic N) is 1. The number of thiazole rings is 1. The summed E-state index contributed by atoms with van der Waals surface area (Å²) in [6.07, 6.45) is 0. The Labute approximate surface area is 137 Å². The van der Waals surface area contributed by atoms with Gasteiger partial charge in [0.15, 0.2) is 5.13 Å². The van der Waals surface area contributed by atoms with Crippen LogP contribution in [0.15, 0.2) is 53.0 Å². The van der Waals surface area contributed by atoms with Gasteiger partial charge in [-0.2, -0.15) is 0 Å². The lowest BCUT2D eigenvalue weighted by molar-refractivity contribution is 1.35. The molecule has 0 saturated heterocycles. The zero-order valence-electron chi connectivity index (χ0n) is 11.9. The van der Waals surface area contributed by atoms with Crippen LogP contribution in [-0.2, 0) is 0 Å². The van der Waals surface area contributed by atoms with Gasteiger partial charge in [0, 0.05) is 14.9 Å². The van der Waals surface area contributed by atoms with Crippen LogP contribution in [0.4, 0.5) is 10.8 Å². The van der Waals surface area contributed by atoms with Gasteiger partial charge in [0.1, 0.15) is 0 Å². The maximum atomic E-state index is 4.73. The van der Waals surface area contributed by atoms with Crippen molar-refractivity contribution in [3.63, 3.8) is 0 Å². The summed E-state index contributed by atoms with van der Waals surface area (Å²) in [6.45, 7) is 4.19. The van der Waals surface area contributed by atoms with E-state index in [1.54, 1.807) is 11.3 Å². The van der Waals surface area contributed by atoms with E-state index in [1.807, 2.05) is 18.2 Å². The summed E-state index contributed by atoms with van der Waals surface area (Å²) >= 11 is 5.26. The molecule has 3 rings (SSSR count). The summed E-state index contributed by atoms with van der Waals surface area (Å²) in [4.78, 5) is 5.94. The number of aromatic nitrogens is 1. The molecule has 0 aliphatic rings. The van der Waals surface area contributed by atoms with E-state index in [0.29, 0.717) is 0 Å². The van der Waals surface area contributed by atoms with Crippen molar-refractivity contribution < 1.29 is 0 Å². The molecule has 0 spiro atoms. The molecule has 0 unspecified atom stereocenters. The zero-order chi connectivity index (χ0) is 14.8. The Hall–Kier alpha value is -1.65. The van der Waals surface area contributed by atoms with Gasteiger partial charge in [-0.25, -0.2) is 4.98 Å². The van der Waals surface area contributed by atoms with Crippen LogP contribution < -0.4 is 5.32 Å². The van der Waals surface area contributed by atoms with Crippen LogP contribution in [0.1, 0.15) is 10.4 Å². The summed E-state index contributed by atoms with van der Waals surface area (Å²) in [7, 11) is 0.